The molecular formula is C19H30N2O2. The summed E-state index contributed by atoms with van der Waals surface area (Å²) in [7, 11) is 1.66. The standard InChI is InChI=1S/C19H30N2O2/c1-15(2)18(21-11-4-5-12-21)14-20-19(22)10-9-16-7-6-8-17(13-16)23-3/h6-8,13,15,18H,4-5,9-12,14H2,1-3H3,(H,20,22). The van der Waals surface area contributed by atoms with E-state index in [-0.39, 0.29) is 5.91 Å². The largest absolute Gasteiger partial charge is 0.497 e. The lowest BCUT2D eigenvalue weighted by Crippen LogP contribution is -2.45. The Hall–Kier alpha value is -1.55. The SMILES string of the molecule is COc1cccc(CCC(=O)NCC(C(C)C)N2CCCC2)c1. The molecule has 0 spiro atoms. The van der Waals surface area contributed by atoms with Gasteiger partial charge in [-0.1, -0.05) is 26.0 Å². The lowest BCUT2D eigenvalue weighted by Gasteiger charge is -2.31. The maximum atomic E-state index is 12.2. The van der Waals surface area contributed by atoms with E-state index in [1.807, 2.05) is 24.3 Å². The van der Waals surface area contributed by atoms with Gasteiger partial charge in [-0.3, -0.25) is 9.69 Å². The van der Waals surface area contributed by atoms with Crippen molar-refractivity contribution >= 4 is 5.91 Å². The molecule has 128 valence electrons. The van der Waals surface area contributed by atoms with Crippen molar-refractivity contribution in [2.45, 2.75) is 45.6 Å². The quantitative estimate of drug-likeness (QED) is 0.801. The first-order chi connectivity index (χ1) is 11.1. The van der Waals surface area contributed by atoms with Crippen molar-refractivity contribution in [3.63, 3.8) is 0 Å². The summed E-state index contributed by atoms with van der Waals surface area (Å²) >= 11 is 0. The summed E-state index contributed by atoms with van der Waals surface area (Å²) in [6.45, 7) is 7.58. The number of hydrogen-bond acceptors (Lipinski definition) is 3. The fourth-order valence-electron chi connectivity index (χ4n) is 3.25. The van der Waals surface area contributed by atoms with Gasteiger partial charge in [-0.05, 0) is 56.0 Å². The number of benzene rings is 1. The van der Waals surface area contributed by atoms with E-state index in [2.05, 4.69) is 24.1 Å². The van der Waals surface area contributed by atoms with Gasteiger partial charge in [0.1, 0.15) is 5.75 Å². The highest BCUT2D eigenvalue weighted by Crippen LogP contribution is 2.17. The Morgan fingerprint density at radius 2 is 2.04 bits per heavy atom. The van der Waals surface area contributed by atoms with Crippen molar-refractivity contribution < 1.29 is 9.53 Å². The van der Waals surface area contributed by atoms with Crippen LogP contribution >= 0.6 is 0 Å². The number of aryl methyl sites for hydroxylation is 1. The van der Waals surface area contributed by atoms with Gasteiger partial charge in [0.2, 0.25) is 5.91 Å². The summed E-state index contributed by atoms with van der Waals surface area (Å²) in [4.78, 5) is 14.7. The molecule has 0 aliphatic carbocycles. The predicted molar refractivity (Wildman–Crippen MR) is 93.8 cm³/mol. The van der Waals surface area contributed by atoms with Gasteiger partial charge in [0.05, 0.1) is 7.11 Å². The van der Waals surface area contributed by atoms with Crippen LogP contribution in [0, 0.1) is 5.92 Å². The summed E-state index contributed by atoms with van der Waals surface area (Å²) in [6, 6.07) is 8.38. The van der Waals surface area contributed by atoms with Gasteiger partial charge in [0, 0.05) is 19.0 Å². The Bertz CT molecular complexity index is 496. The molecule has 0 radical (unpaired) electrons. The second-order valence-electron chi connectivity index (χ2n) is 6.71. The molecule has 1 saturated heterocycles. The first kappa shape index (κ1) is 17.8. The smallest absolute Gasteiger partial charge is 0.220 e. The van der Waals surface area contributed by atoms with Crippen LogP contribution in [0.5, 0.6) is 5.75 Å². The van der Waals surface area contributed by atoms with Crippen LogP contribution in [0.2, 0.25) is 0 Å². The number of nitrogens with one attached hydrogen (secondary N) is 1. The van der Waals surface area contributed by atoms with E-state index < -0.39 is 0 Å². The maximum Gasteiger partial charge on any atom is 0.220 e. The van der Waals surface area contributed by atoms with Crippen LogP contribution in [0.25, 0.3) is 0 Å². The Labute approximate surface area is 140 Å². The molecule has 0 saturated carbocycles. The monoisotopic (exact) mass is 318 g/mol. The van der Waals surface area contributed by atoms with Crippen LogP contribution in [-0.4, -0.2) is 43.6 Å². The minimum absolute atomic E-state index is 0.137. The molecule has 1 unspecified atom stereocenters. The highest BCUT2D eigenvalue weighted by molar-refractivity contribution is 5.76. The second kappa shape index (κ2) is 8.92. The number of carbonyl (C=O) groups excluding carboxylic acids is 1. The molecule has 1 aromatic rings. The highest BCUT2D eigenvalue weighted by atomic mass is 16.5. The lowest BCUT2D eigenvalue weighted by atomic mass is 10.0. The predicted octanol–water partition coefficient (Wildman–Crippen LogP) is 2.86. The fourth-order valence-corrected chi connectivity index (χ4v) is 3.25. The van der Waals surface area contributed by atoms with Gasteiger partial charge in [-0.2, -0.15) is 0 Å². The highest BCUT2D eigenvalue weighted by Gasteiger charge is 2.24. The molecule has 1 aliphatic heterocycles. The fraction of sp³-hybridized carbons (Fsp3) is 0.632. The first-order valence-corrected chi connectivity index (χ1v) is 8.74. The molecule has 1 fully saturated rings. The van der Waals surface area contributed by atoms with Crippen molar-refractivity contribution in [2.24, 2.45) is 5.92 Å². The summed E-state index contributed by atoms with van der Waals surface area (Å²) in [6.07, 6.45) is 3.84. The normalized spacial score (nSPS) is 16.5. The topological polar surface area (TPSA) is 41.6 Å². The molecule has 1 aliphatic rings. The molecule has 4 nitrogen and oxygen atoms in total. The average molecular weight is 318 g/mol. The zero-order chi connectivity index (χ0) is 16.7. The number of ether oxygens (including phenoxy) is 1. The third-order valence-electron chi connectivity index (χ3n) is 4.66. The third kappa shape index (κ3) is 5.54. The number of amides is 1. The molecular weight excluding hydrogens is 288 g/mol. The van der Waals surface area contributed by atoms with Crippen LogP contribution in [0.1, 0.15) is 38.7 Å². The van der Waals surface area contributed by atoms with Crippen LogP contribution < -0.4 is 10.1 Å². The molecule has 4 heteroatoms. The van der Waals surface area contributed by atoms with Crippen LogP contribution in [0.15, 0.2) is 24.3 Å². The molecule has 1 amide bonds. The number of methoxy groups -OCH3 is 1. The molecule has 1 N–H and O–H groups in total. The summed E-state index contributed by atoms with van der Waals surface area (Å²) in [5.74, 6) is 1.54. The van der Waals surface area contributed by atoms with Gasteiger partial charge in [0.25, 0.3) is 0 Å². The average Bonchev–Trinajstić information content (AvgIpc) is 3.07. The van der Waals surface area contributed by atoms with Gasteiger partial charge in [-0.25, -0.2) is 0 Å². The number of carbonyl (C=O) groups is 1. The third-order valence-corrected chi connectivity index (χ3v) is 4.66. The molecule has 1 heterocycles. The van der Waals surface area contributed by atoms with E-state index >= 15 is 0 Å². The van der Waals surface area contributed by atoms with Crippen LogP contribution in [0.4, 0.5) is 0 Å². The Morgan fingerprint density at radius 3 is 2.70 bits per heavy atom. The van der Waals surface area contributed by atoms with E-state index in [9.17, 15) is 4.79 Å². The minimum atomic E-state index is 0.137. The summed E-state index contributed by atoms with van der Waals surface area (Å²) in [5.41, 5.74) is 1.14. The van der Waals surface area contributed by atoms with Crippen LogP contribution in [-0.2, 0) is 11.2 Å². The van der Waals surface area contributed by atoms with Crippen molar-refractivity contribution in [1.29, 1.82) is 0 Å². The van der Waals surface area contributed by atoms with Crippen molar-refractivity contribution in [2.75, 3.05) is 26.7 Å². The first-order valence-electron chi connectivity index (χ1n) is 8.74. The van der Waals surface area contributed by atoms with E-state index in [0.29, 0.717) is 18.4 Å². The summed E-state index contributed by atoms with van der Waals surface area (Å²) < 4.78 is 5.22. The molecule has 1 atom stereocenters. The van der Waals surface area contributed by atoms with E-state index in [0.717, 1.165) is 24.3 Å². The molecule has 23 heavy (non-hydrogen) atoms. The minimum Gasteiger partial charge on any atom is -0.497 e. The Morgan fingerprint density at radius 1 is 1.30 bits per heavy atom. The maximum absolute atomic E-state index is 12.2. The Balaban J connectivity index is 1.77. The zero-order valence-electron chi connectivity index (χ0n) is 14.7. The van der Waals surface area contributed by atoms with Crippen LogP contribution in [0.3, 0.4) is 0 Å². The zero-order valence-corrected chi connectivity index (χ0v) is 14.7. The van der Waals surface area contributed by atoms with E-state index in [1.54, 1.807) is 7.11 Å². The van der Waals surface area contributed by atoms with Crippen molar-refractivity contribution in [3.05, 3.63) is 29.8 Å². The van der Waals surface area contributed by atoms with Crippen molar-refractivity contribution in [3.8, 4) is 5.75 Å². The van der Waals surface area contributed by atoms with Gasteiger partial charge < -0.3 is 10.1 Å². The second-order valence-corrected chi connectivity index (χ2v) is 6.71. The molecule has 0 bridgehead atoms. The van der Waals surface area contributed by atoms with Crippen molar-refractivity contribution in [1.82, 2.24) is 10.2 Å². The lowest BCUT2D eigenvalue weighted by molar-refractivity contribution is -0.121. The number of hydrogen-bond donors (Lipinski definition) is 1. The van der Waals surface area contributed by atoms with E-state index in [1.165, 1.54) is 25.9 Å². The van der Waals surface area contributed by atoms with Gasteiger partial charge >= 0.3 is 0 Å². The molecule has 2 rings (SSSR count). The molecule has 1 aromatic carbocycles. The number of nitrogens with zero attached hydrogens (tertiary/aromatic N) is 1. The number of rotatable bonds is 8. The Kier molecular flexibility index (Phi) is 6.90. The van der Waals surface area contributed by atoms with E-state index in [4.69, 9.17) is 4.74 Å². The van der Waals surface area contributed by atoms with Gasteiger partial charge in [0.15, 0.2) is 0 Å². The number of likely N-dealkylation sites (tertiary alicyclic amines) is 1. The molecule has 0 aromatic heterocycles. The van der Waals surface area contributed by atoms with Gasteiger partial charge in [-0.15, -0.1) is 0 Å². The summed E-state index contributed by atoms with van der Waals surface area (Å²) in [5, 5.41) is 3.13.